The lowest BCUT2D eigenvalue weighted by Crippen LogP contribution is -2.15. The van der Waals surface area contributed by atoms with E-state index in [9.17, 15) is 22.8 Å². The Kier molecular flexibility index (Phi) is 5.80. The number of alkyl halides is 3. The van der Waals surface area contributed by atoms with Gasteiger partial charge in [0.15, 0.2) is 0 Å². The molecule has 0 bridgehead atoms. The van der Waals surface area contributed by atoms with Gasteiger partial charge in [-0.15, -0.1) is 0 Å². The Hall–Kier alpha value is -2.83. The third-order valence-electron chi connectivity index (χ3n) is 3.43. The minimum atomic E-state index is -4.44. The predicted molar refractivity (Wildman–Crippen MR) is 85.9 cm³/mol. The number of hydrogen-bond acceptors (Lipinski definition) is 3. The molecule has 1 amide bonds. The van der Waals surface area contributed by atoms with Crippen molar-refractivity contribution in [2.45, 2.75) is 19.0 Å². The summed E-state index contributed by atoms with van der Waals surface area (Å²) in [6.07, 6.45) is -4.50. The SMILES string of the molecule is COC(=O)Cc1ccc(NC(=O)Cc2cccc(C(F)(F)F)c2)cc1. The van der Waals surface area contributed by atoms with Gasteiger partial charge in [-0.25, -0.2) is 0 Å². The fraction of sp³-hybridized carbons (Fsp3) is 0.222. The van der Waals surface area contributed by atoms with Gasteiger partial charge in [0.2, 0.25) is 5.91 Å². The molecule has 0 unspecified atom stereocenters. The van der Waals surface area contributed by atoms with Crippen molar-refractivity contribution in [1.82, 2.24) is 0 Å². The molecule has 1 N–H and O–H groups in total. The van der Waals surface area contributed by atoms with Gasteiger partial charge in [-0.2, -0.15) is 13.2 Å². The second-order valence-electron chi connectivity index (χ2n) is 5.37. The normalized spacial score (nSPS) is 11.0. The molecule has 0 aliphatic carbocycles. The van der Waals surface area contributed by atoms with Crippen molar-refractivity contribution in [3.63, 3.8) is 0 Å². The standard InChI is InChI=1S/C18H16F3NO3/c1-25-17(24)11-12-5-7-15(8-6-12)22-16(23)10-13-3-2-4-14(9-13)18(19,20)21/h2-9H,10-11H2,1H3,(H,22,23). The van der Waals surface area contributed by atoms with Crippen molar-refractivity contribution in [1.29, 1.82) is 0 Å². The third kappa shape index (κ3) is 5.63. The van der Waals surface area contributed by atoms with Crippen molar-refractivity contribution >= 4 is 17.6 Å². The topological polar surface area (TPSA) is 55.4 Å². The van der Waals surface area contributed by atoms with Gasteiger partial charge in [0.05, 0.1) is 25.5 Å². The zero-order chi connectivity index (χ0) is 18.4. The molecule has 0 aromatic heterocycles. The lowest BCUT2D eigenvalue weighted by Gasteiger charge is -2.09. The number of halogens is 3. The summed E-state index contributed by atoms with van der Waals surface area (Å²) in [6.45, 7) is 0. The van der Waals surface area contributed by atoms with Crippen molar-refractivity contribution in [2.75, 3.05) is 12.4 Å². The maximum absolute atomic E-state index is 12.7. The van der Waals surface area contributed by atoms with Crippen molar-refractivity contribution in [3.8, 4) is 0 Å². The summed E-state index contributed by atoms with van der Waals surface area (Å²) in [5, 5.41) is 2.61. The lowest BCUT2D eigenvalue weighted by molar-refractivity contribution is -0.140. The molecule has 2 aromatic rings. The molecule has 0 saturated heterocycles. The molecule has 4 nitrogen and oxygen atoms in total. The Balaban J connectivity index is 1.97. The molecule has 2 aromatic carbocycles. The molecule has 0 aliphatic rings. The number of methoxy groups -OCH3 is 1. The number of nitrogens with one attached hydrogen (secondary N) is 1. The number of anilines is 1. The fourth-order valence-electron chi connectivity index (χ4n) is 2.19. The van der Waals surface area contributed by atoms with Gasteiger partial charge in [-0.3, -0.25) is 9.59 Å². The fourth-order valence-corrected chi connectivity index (χ4v) is 2.19. The van der Waals surface area contributed by atoms with Gasteiger partial charge in [-0.1, -0.05) is 30.3 Å². The quantitative estimate of drug-likeness (QED) is 0.838. The van der Waals surface area contributed by atoms with Crippen molar-refractivity contribution in [2.24, 2.45) is 0 Å². The molecular weight excluding hydrogens is 335 g/mol. The predicted octanol–water partition coefficient (Wildman–Crippen LogP) is 3.60. The molecule has 0 saturated carbocycles. The first-order chi connectivity index (χ1) is 11.8. The van der Waals surface area contributed by atoms with Crippen LogP contribution in [0.1, 0.15) is 16.7 Å². The first kappa shape index (κ1) is 18.5. The van der Waals surface area contributed by atoms with E-state index < -0.39 is 17.6 Å². The first-order valence-electron chi connectivity index (χ1n) is 7.39. The largest absolute Gasteiger partial charge is 0.469 e. The Bertz CT molecular complexity index is 755. The summed E-state index contributed by atoms with van der Waals surface area (Å²) in [7, 11) is 1.30. The van der Waals surface area contributed by atoms with Gasteiger partial charge in [-0.05, 0) is 29.3 Å². The van der Waals surface area contributed by atoms with E-state index in [1.807, 2.05) is 0 Å². The van der Waals surface area contributed by atoms with E-state index in [0.29, 0.717) is 5.69 Å². The lowest BCUT2D eigenvalue weighted by atomic mass is 10.1. The Morgan fingerprint density at radius 2 is 1.68 bits per heavy atom. The molecule has 132 valence electrons. The van der Waals surface area contributed by atoms with Crippen LogP contribution in [0.25, 0.3) is 0 Å². The van der Waals surface area contributed by atoms with Crippen LogP contribution in [0.2, 0.25) is 0 Å². The highest BCUT2D eigenvalue weighted by atomic mass is 19.4. The number of ether oxygens (including phenoxy) is 1. The minimum absolute atomic E-state index is 0.120. The molecule has 7 heteroatoms. The third-order valence-corrected chi connectivity index (χ3v) is 3.43. The van der Waals surface area contributed by atoms with E-state index >= 15 is 0 Å². The smallest absolute Gasteiger partial charge is 0.416 e. The van der Waals surface area contributed by atoms with E-state index in [4.69, 9.17) is 0 Å². The highest BCUT2D eigenvalue weighted by Crippen LogP contribution is 2.29. The highest BCUT2D eigenvalue weighted by molar-refractivity contribution is 5.92. The Labute approximate surface area is 142 Å². The highest BCUT2D eigenvalue weighted by Gasteiger charge is 2.30. The van der Waals surface area contributed by atoms with Crippen LogP contribution in [0.15, 0.2) is 48.5 Å². The summed E-state index contributed by atoms with van der Waals surface area (Å²) >= 11 is 0. The molecule has 25 heavy (non-hydrogen) atoms. The number of rotatable bonds is 5. The summed E-state index contributed by atoms with van der Waals surface area (Å²) in [6, 6.07) is 11.2. The molecule has 0 atom stereocenters. The van der Waals surface area contributed by atoms with Crippen LogP contribution >= 0.6 is 0 Å². The van der Waals surface area contributed by atoms with E-state index in [2.05, 4.69) is 10.1 Å². The van der Waals surface area contributed by atoms with Crippen LogP contribution in [0.3, 0.4) is 0 Å². The van der Waals surface area contributed by atoms with Gasteiger partial charge in [0.1, 0.15) is 0 Å². The van der Waals surface area contributed by atoms with Crippen LogP contribution in [0, 0.1) is 0 Å². The zero-order valence-electron chi connectivity index (χ0n) is 13.4. The van der Waals surface area contributed by atoms with Crippen LogP contribution in [0.4, 0.5) is 18.9 Å². The van der Waals surface area contributed by atoms with Crippen LogP contribution in [-0.4, -0.2) is 19.0 Å². The Morgan fingerprint density at radius 1 is 1.00 bits per heavy atom. The van der Waals surface area contributed by atoms with Gasteiger partial charge in [0, 0.05) is 5.69 Å². The molecule has 2 rings (SSSR count). The van der Waals surface area contributed by atoms with Gasteiger partial charge >= 0.3 is 12.1 Å². The monoisotopic (exact) mass is 351 g/mol. The summed E-state index contributed by atoms with van der Waals surface area (Å²) < 4.78 is 42.6. The van der Waals surface area contributed by atoms with E-state index in [1.165, 1.54) is 19.2 Å². The number of carbonyl (C=O) groups excluding carboxylic acids is 2. The number of hydrogen-bond donors (Lipinski definition) is 1. The average molecular weight is 351 g/mol. The molecule has 0 spiro atoms. The zero-order valence-corrected chi connectivity index (χ0v) is 13.4. The maximum Gasteiger partial charge on any atom is 0.416 e. The molecular formula is C18H16F3NO3. The Morgan fingerprint density at radius 3 is 2.28 bits per heavy atom. The average Bonchev–Trinajstić information content (AvgIpc) is 2.56. The molecule has 0 aliphatic heterocycles. The number of amides is 1. The van der Waals surface area contributed by atoms with Crippen molar-refractivity contribution < 1.29 is 27.5 Å². The minimum Gasteiger partial charge on any atom is -0.469 e. The second-order valence-corrected chi connectivity index (χ2v) is 5.37. The first-order valence-corrected chi connectivity index (χ1v) is 7.39. The second kappa shape index (κ2) is 7.83. The molecule has 0 radical (unpaired) electrons. The van der Waals surface area contributed by atoms with Crippen LogP contribution in [0.5, 0.6) is 0 Å². The number of carbonyl (C=O) groups is 2. The van der Waals surface area contributed by atoms with Crippen LogP contribution in [-0.2, 0) is 33.3 Å². The maximum atomic E-state index is 12.7. The number of esters is 1. The van der Waals surface area contributed by atoms with E-state index in [0.717, 1.165) is 17.7 Å². The van der Waals surface area contributed by atoms with Crippen molar-refractivity contribution in [3.05, 3.63) is 65.2 Å². The molecule has 0 fully saturated rings. The summed E-state index contributed by atoms with van der Waals surface area (Å²) in [4.78, 5) is 23.2. The summed E-state index contributed by atoms with van der Waals surface area (Å²) in [5.74, 6) is -0.804. The van der Waals surface area contributed by atoms with E-state index in [1.54, 1.807) is 24.3 Å². The molecule has 0 heterocycles. The summed E-state index contributed by atoms with van der Waals surface area (Å²) in [5.41, 5.74) is 0.702. The van der Waals surface area contributed by atoms with Gasteiger partial charge in [0.25, 0.3) is 0 Å². The van der Waals surface area contributed by atoms with Gasteiger partial charge < -0.3 is 10.1 Å². The van der Waals surface area contributed by atoms with Crippen LogP contribution < -0.4 is 5.32 Å². The number of benzene rings is 2. The van der Waals surface area contributed by atoms with E-state index in [-0.39, 0.29) is 24.4 Å².